The summed E-state index contributed by atoms with van der Waals surface area (Å²) in [6.07, 6.45) is 4.93. The Morgan fingerprint density at radius 2 is 0.800 bits per heavy atom. The van der Waals surface area contributed by atoms with Gasteiger partial charge in [0.25, 0.3) is 11.8 Å². The predicted molar refractivity (Wildman–Crippen MR) is 181 cm³/mol. The first kappa shape index (κ1) is 32.7. The molecule has 232 valence electrons. The van der Waals surface area contributed by atoms with E-state index in [0.717, 1.165) is 54.6 Å². The van der Waals surface area contributed by atoms with Gasteiger partial charge in [-0.3, -0.25) is 19.2 Å². The zero-order chi connectivity index (χ0) is 32.0. The van der Waals surface area contributed by atoms with E-state index in [1.54, 1.807) is 48.5 Å². The Hall–Kier alpha value is -5.24. The second-order valence-corrected chi connectivity index (χ2v) is 11.2. The van der Waals surface area contributed by atoms with Crippen molar-refractivity contribution in [2.75, 3.05) is 21.3 Å². The second-order valence-electron chi connectivity index (χ2n) is 11.2. The van der Waals surface area contributed by atoms with E-state index in [1.165, 1.54) is 0 Å². The molecule has 0 saturated heterocycles. The van der Waals surface area contributed by atoms with Crippen LogP contribution in [0.3, 0.4) is 0 Å². The topological polar surface area (TPSA) is 116 Å². The van der Waals surface area contributed by atoms with Crippen LogP contribution in [0, 0.1) is 13.8 Å². The largest absolute Gasteiger partial charge is 0.326 e. The summed E-state index contributed by atoms with van der Waals surface area (Å²) in [6, 6.07) is 29.0. The molecule has 4 N–H and O–H groups in total. The van der Waals surface area contributed by atoms with Crippen molar-refractivity contribution in [2.24, 2.45) is 0 Å². The minimum absolute atomic E-state index is 0.0968. The van der Waals surface area contributed by atoms with Crippen LogP contribution in [0.1, 0.15) is 76.8 Å². The van der Waals surface area contributed by atoms with Gasteiger partial charge in [-0.15, -0.1) is 0 Å². The minimum Gasteiger partial charge on any atom is -0.326 e. The number of unbranched alkanes of at least 4 members (excludes halogenated alkanes) is 4. The van der Waals surface area contributed by atoms with E-state index in [9.17, 15) is 19.2 Å². The van der Waals surface area contributed by atoms with E-state index >= 15 is 0 Å². The molecule has 0 heterocycles. The smallest absolute Gasteiger partial charge is 0.255 e. The van der Waals surface area contributed by atoms with E-state index in [4.69, 9.17) is 0 Å². The molecule has 0 aliphatic rings. The quantitative estimate of drug-likeness (QED) is 0.109. The van der Waals surface area contributed by atoms with E-state index in [1.807, 2.05) is 62.4 Å². The summed E-state index contributed by atoms with van der Waals surface area (Å²) < 4.78 is 0. The number of benzene rings is 4. The molecule has 0 saturated carbocycles. The Labute approximate surface area is 264 Å². The van der Waals surface area contributed by atoms with Crippen molar-refractivity contribution in [3.05, 3.63) is 119 Å². The Morgan fingerprint density at radius 3 is 1.20 bits per heavy atom. The average Bonchev–Trinajstić information content (AvgIpc) is 3.01. The fraction of sp³-hybridized carbons (Fsp3) is 0.243. The SMILES string of the molecule is Cc1cccc(NC(=O)c2cccc(NC(=O)CCCCCCCC(=O)Nc3cccc(C(=O)Nc4cccc(C)c4)c3)c2)c1. The number of rotatable bonds is 14. The molecule has 0 spiro atoms. The summed E-state index contributed by atoms with van der Waals surface area (Å²) in [5.74, 6) is -0.666. The molecule has 45 heavy (non-hydrogen) atoms. The Kier molecular flexibility index (Phi) is 12.0. The molecule has 0 aliphatic carbocycles. The fourth-order valence-corrected chi connectivity index (χ4v) is 4.88. The maximum absolute atomic E-state index is 12.6. The van der Waals surface area contributed by atoms with Crippen molar-refractivity contribution in [3.8, 4) is 0 Å². The van der Waals surface area contributed by atoms with Gasteiger partial charge >= 0.3 is 0 Å². The van der Waals surface area contributed by atoms with Gasteiger partial charge in [-0.2, -0.15) is 0 Å². The van der Waals surface area contributed by atoms with Gasteiger partial charge in [-0.05, 0) is 98.5 Å². The van der Waals surface area contributed by atoms with E-state index in [-0.39, 0.29) is 23.6 Å². The van der Waals surface area contributed by atoms with E-state index in [2.05, 4.69) is 21.3 Å². The standard InChI is InChI=1S/C37H40N4O4/c1-26-12-8-16-30(22-26)40-36(44)28-14-10-18-32(24-28)38-34(42)20-6-4-3-5-7-21-35(43)39-33-19-11-15-29(25-33)37(45)41-31-17-9-13-27(2)23-31/h8-19,22-25H,3-7,20-21H2,1-2H3,(H,38,42)(H,39,43)(H,40,44)(H,41,45). The maximum atomic E-state index is 12.6. The van der Waals surface area contributed by atoms with Gasteiger partial charge in [0.2, 0.25) is 11.8 Å². The first-order chi connectivity index (χ1) is 21.7. The van der Waals surface area contributed by atoms with Gasteiger partial charge in [-0.25, -0.2) is 0 Å². The number of carbonyl (C=O) groups excluding carboxylic acids is 4. The third kappa shape index (κ3) is 11.1. The molecule has 0 fully saturated rings. The van der Waals surface area contributed by atoms with Crippen molar-refractivity contribution < 1.29 is 19.2 Å². The van der Waals surface area contributed by atoms with Gasteiger partial charge in [0.15, 0.2) is 0 Å². The Balaban J connectivity index is 1.10. The van der Waals surface area contributed by atoms with Crippen LogP contribution < -0.4 is 21.3 Å². The highest BCUT2D eigenvalue weighted by Crippen LogP contribution is 2.18. The third-order valence-corrected chi connectivity index (χ3v) is 7.18. The van der Waals surface area contributed by atoms with Crippen LogP contribution in [0.5, 0.6) is 0 Å². The second kappa shape index (κ2) is 16.6. The highest BCUT2D eigenvalue weighted by molar-refractivity contribution is 6.06. The number of aryl methyl sites for hydroxylation is 2. The molecule has 0 unspecified atom stereocenters. The van der Waals surface area contributed by atoms with Crippen molar-refractivity contribution in [1.82, 2.24) is 0 Å². The van der Waals surface area contributed by atoms with Gasteiger partial charge in [0.1, 0.15) is 0 Å². The van der Waals surface area contributed by atoms with Crippen LogP contribution in [0.2, 0.25) is 0 Å². The summed E-state index contributed by atoms with van der Waals surface area (Å²) in [5.41, 5.74) is 5.66. The van der Waals surface area contributed by atoms with Gasteiger partial charge in [-0.1, -0.05) is 55.7 Å². The molecular weight excluding hydrogens is 564 g/mol. The third-order valence-electron chi connectivity index (χ3n) is 7.18. The van der Waals surface area contributed by atoms with Crippen molar-refractivity contribution in [2.45, 2.75) is 58.8 Å². The monoisotopic (exact) mass is 604 g/mol. The zero-order valence-electron chi connectivity index (χ0n) is 25.8. The molecule has 8 nitrogen and oxygen atoms in total. The van der Waals surface area contributed by atoms with Crippen molar-refractivity contribution >= 4 is 46.4 Å². The molecular formula is C37H40N4O4. The van der Waals surface area contributed by atoms with Crippen LogP contribution in [0.15, 0.2) is 97.1 Å². The lowest BCUT2D eigenvalue weighted by Crippen LogP contribution is -2.14. The molecule has 4 rings (SSSR count). The lowest BCUT2D eigenvalue weighted by atomic mass is 10.1. The molecule has 0 bridgehead atoms. The molecule has 0 aliphatic heterocycles. The average molecular weight is 605 g/mol. The Morgan fingerprint density at radius 1 is 0.444 bits per heavy atom. The number of carbonyl (C=O) groups is 4. The number of amides is 4. The first-order valence-corrected chi connectivity index (χ1v) is 15.3. The molecule has 0 radical (unpaired) electrons. The number of anilines is 4. The van der Waals surface area contributed by atoms with Crippen LogP contribution in [-0.4, -0.2) is 23.6 Å². The van der Waals surface area contributed by atoms with Crippen molar-refractivity contribution in [3.63, 3.8) is 0 Å². The predicted octanol–water partition coefficient (Wildman–Crippen LogP) is 8.12. The summed E-state index contributed by atoms with van der Waals surface area (Å²) >= 11 is 0. The highest BCUT2D eigenvalue weighted by Gasteiger charge is 2.11. The molecule has 0 aromatic heterocycles. The molecule has 4 aromatic rings. The normalized spacial score (nSPS) is 10.5. The maximum Gasteiger partial charge on any atom is 0.255 e. The van der Waals surface area contributed by atoms with Crippen LogP contribution in [0.25, 0.3) is 0 Å². The summed E-state index contributed by atoms with van der Waals surface area (Å²) in [7, 11) is 0. The van der Waals surface area contributed by atoms with E-state index < -0.39 is 0 Å². The van der Waals surface area contributed by atoms with Gasteiger partial charge in [0, 0.05) is 46.7 Å². The summed E-state index contributed by atoms with van der Waals surface area (Å²) in [6.45, 7) is 3.93. The van der Waals surface area contributed by atoms with Gasteiger partial charge in [0.05, 0.1) is 0 Å². The molecule has 8 heteroatoms. The van der Waals surface area contributed by atoms with Crippen molar-refractivity contribution in [1.29, 1.82) is 0 Å². The van der Waals surface area contributed by atoms with Crippen LogP contribution >= 0.6 is 0 Å². The Bertz CT molecular complexity index is 1530. The lowest BCUT2D eigenvalue weighted by Gasteiger charge is -2.09. The first-order valence-electron chi connectivity index (χ1n) is 15.3. The van der Waals surface area contributed by atoms with E-state index in [0.29, 0.717) is 35.3 Å². The molecule has 4 amide bonds. The summed E-state index contributed by atoms with van der Waals surface area (Å²) in [4.78, 5) is 50.2. The minimum atomic E-state index is -0.236. The number of hydrogen-bond acceptors (Lipinski definition) is 4. The fourth-order valence-electron chi connectivity index (χ4n) is 4.88. The molecule has 4 aromatic carbocycles. The zero-order valence-corrected chi connectivity index (χ0v) is 25.8. The van der Waals surface area contributed by atoms with Gasteiger partial charge < -0.3 is 21.3 Å². The lowest BCUT2D eigenvalue weighted by molar-refractivity contribution is -0.117. The van der Waals surface area contributed by atoms with Crippen LogP contribution in [-0.2, 0) is 9.59 Å². The van der Waals surface area contributed by atoms with Crippen LogP contribution in [0.4, 0.5) is 22.7 Å². The molecule has 0 atom stereocenters. The number of hydrogen-bond donors (Lipinski definition) is 4. The highest BCUT2D eigenvalue weighted by atomic mass is 16.2. The summed E-state index contributed by atoms with van der Waals surface area (Å²) in [5, 5.41) is 11.5. The number of nitrogens with one attached hydrogen (secondary N) is 4.